The van der Waals surface area contributed by atoms with Gasteiger partial charge >= 0.3 is 0 Å². The Labute approximate surface area is 81.1 Å². The van der Waals surface area contributed by atoms with Gasteiger partial charge < -0.3 is 10.6 Å². The first kappa shape index (κ1) is 8.38. The molecule has 1 heterocycles. The summed E-state index contributed by atoms with van der Waals surface area (Å²) in [5.74, 6) is -0.0298. The first-order chi connectivity index (χ1) is 6.18. The number of hydrogen-bond donors (Lipinski definition) is 2. The van der Waals surface area contributed by atoms with Crippen molar-refractivity contribution in [2.75, 3.05) is 17.2 Å². The van der Waals surface area contributed by atoms with Gasteiger partial charge in [0, 0.05) is 5.02 Å². The first-order valence-electron chi connectivity index (χ1n) is 4.01. The second-order valence-electron chi connectivity index (χ2n) is 3.00. The first-order valence-corrected chi connectivity index (χ1v) is 4.39. The Morgan fingerprint density at radius 1 is 1.46 bits per heavy atom. The van der Waals surface area contributed by atoms with Crippen LogP contribution < -0.4 is 10.6 Å². The topological polar surface area (TPSA) is 41.1 Å². The van der Waals surface area contributed by atoms with Crippen molar-refractivity contribution in [3.63, 3.8) is 0 Å². The summed E-state index contributed by atoms with van der Waals surface area (Å²) in [6, 6.07) is 3.68. The summed E-state index contributed by atoms with van der Waals surface area (Å²) in [5.41, 5.74) is 2.63. The van der Waals surface area contributed by atoms with Gasteiger partial charge in [-0.15, -0.1) is 0 Å². The highest BCUT2D eigenvalue weighted by atomic mass is 35.5. The standard InChI is InChI=1S/C9H9ClN2O/c1-5-6(10)2-3-7-9(5)12-8(13)4-11-7/h2-3,11H,4H2,1H3,(H,12,13). The number of nitrogens with one attached hydrogen (secondary N) is 2. The summed E-state index contributed by atoms with van der Waals surface area (Å²) in [5, 5.41) is 6.46. The van der Waals surface area contributed by atoms with Crippen molar-refractivity contribution >= 4 is 28.9 Å². The Bertz CT molecular complexity index is 376. The van der Waals surface area contributed by atoms with Crippen LogP contribution in [0.15, 0.2) is 12.1 Å². The number of carbonyl (C=O) groups excluding carboxylic acids is 1. The van der Waals surface area contributed by atoms with E-state index in [4.69, 9.17) is 11.6 Å². The summed E-state index contributed by atoms with van der Waals surface area (Å²) in [6.07, 6.45) is 0. The van der Waals surface area contributed by atoms with Crippen molar-refractivity contribution in [3.05, 3.63) is 22.7 Å². The van der Waals surface area contributed by atoms with E-state index in [2.05, 4.69) is 10.6 Å². The average molecular weight is 197 g/mol. The number of rotatable bonds is 0. The van der Waals surface area contributed by atoms with Crippen LogP contribution >= 0.6 is 11.6 Å². The van der Waals surface area contributed by atoms with Gasteiger partial charge in [0.1, 0.15) is 0 Å². The highest BCUT2D eigenvalue weighted by Gasteiger charge is 2.16. The predicted octanol–water partition coefficient (Wildman–Crippen LogP) is 2.01. The Morgan fingerprint density at radius 3 is 3.00 bits per heavy atom. The number of benzene rings is 1. The number of hydrogen-bond acceptors (Lipinski definition) is 2. The van der Waals surface area contributed by atoms with Crippen molar-refractivity contribution in [2.45, 2.75) is 6.92 Å². The van der Waals surface area contributed by atoms with Crippen molar-refractivity contribution in [1.82, 2.24) is 0 Å². The minimum atomic E-state index is -0.0298. The molecule has 0 saturated heterocycles. The van der Waals surface area contributed by atoms with Gasteiger partial charge in [0.2, 0.25) is 5.91 Å². The van der Waals surface area contributed by atoms with E-state index in [1.165, 1.54) is 0 Å². The van der Waals surface area contributed by atoms with Gasteiger partial charge in [-0.25, -0.2) is 0 Å². The molecule has 0 aromatic heterocycles. The van der Waals surface area contributed by atoms with Crippen LogP contribution in [0.3, 0.4) is 0 Å². The van der Waals surface area contributed by atoms with Gasteiger partial charge in [0.05, 0.1) is 17.9 Å². The SMILES string of the molecule is Cc1c(Cl)ccc2c1NC(=O)CN2. The Balaban J connectivity index is 2.54. The maximum atomic E-state index is 11.1. The predicted molar refractivity (Wildman–Crippen MR) is 53.3 cm³/mol. The number of carbonyl (C=O) groups is 1. The average Bonchev–Trinajstić information content (AvgIpc) is 2.12. The van der Waals surface area contributed by atoms with Crippen molar-refractivity contribution in [3.8, 4) is 0 Å². The zero-order valence-corrected chi connectivity index (χ0v) is 7.90. The monoisotopic (exact) mass is 196 g/mol. The van der Waals surface area contributed by atoms with E-state index < -0.39 is 0 Å². The lowest BCUT2D eigenvalue weighted by atomic mass is 10.1. The molecule has 1 aromatic rings. The second kappa shape index (κ2) is 2.92. The van der Waals surface area contributed by atoms with E-state index in [-0.39, 0.29) is 5.91 Å². The van der Waals surface area contributed by atoms with E-state index in [0.717, 1.165) is 16.9 Å². The molecule has 0 unspecified atom stereocenters. The summed E-state index contributed by atoms with van der Waals surface area (Å²) in [6.45, 7) is 2.21. The largest absolute Gasteiger partial charge is 0.374 e. The molecule has 0 aliphatic carbocycles. The third-order valence-electron chi connectivity index (χ3n) is 2.10. The van der Waals surface area contributed by atoms with Crippen LogP contribution in [0.25, 0.3) is 0 Å². The highest BCUT2D eigenvalue weighted by molar-refractivity contribution is 6.32. The molecule has 13 heavy (non-hydrogen) atoms. The van der Waals surface area contributed by atoms with Crippen LogP contribution in [0.4, 0.5) is 11.4 Å². The smallest absolute Gasteiger partial charge is 0.243 e. The van der Waals surface area contributed by atoms with E-state index in [1.807, 2.05) is 19.1 Å². The molecule has 0 bridgehead atoms. The highest BCUT2D eigenvalue weighted by Crippen LogP contribution is 2.32. The molecule has 1 amide bonds. The van der Waals surface area contributed by atoms with Gasteiger partial charge in [-0.3, -0.25) is 4.79 Å². The molecule has 2 rings (SSSR count). The lowest BCUT2D eigenvalue weighted by Crippen LogP contribution is -2.27. The fourth-order valence-electron chi connectivity index (χ4n) is 1.35. The van der Waals surface area contributed by atoms with Crippen LogP contribution in [0.1, 0.15) is 5.56 Å². The lowest BCUT2D eigenvalue weighted by molar-refractivity contribution is -0.114. The van der Waals surface area contributed by atoms with Crippen LogP contribution in [0, 0.1) is 6.92 Å². The zero-order valence-electron chi connectivity index (χ0n) is 7.15. The molecule has 4 heteroatoms. The van der Waals surface area contributed by atoms with Crippen molar-refractivity contribution in [1.29, 1.82) is 0 Å². The molecule has 1 aromatic carbocycles. The molecule has 2 N–H and O–H groups in total. The third-order valence-corrected chi connectivity index (χ3v) is 2.51. The summed E-state index contributed by atoms with van der Waals surface area (Å²) < 4.78 is 0. The molecule has 0 atom stereocenters. The molecular weight excluding hydrogens is 188 g/mol. The fourth-order valence-corrected chi connectivity index (χ4v) is 1.51. The second-order valence-corrected chi connectivity index (χ2v) is 3.40. The van der Waals surface area contributed by atoms with Crippen molar-refractivity contribution < 1.29 is 4.79 Å². The molecular formula is C9H9ClN2O. The van der Waals surface area contributed by atoms with E-state index in [1.54, 1.807) is 0 Å². The normalized spacial score (nSPS) is 14.5. The molecule has 0 fully saturated rings. The third kappa shape index (κ3) is 1.35. The fraction of sp³-hybridized carbons (Fsp3) is 0.222. The van der Waals surface area contributed by atoms with Crippen LogP contribution in [-0.2, 0) is 4.79 Å². The maximum Gasteiger partial charge on any atom is 0.243 e. The molecule has 0 spiro atoms. The van der Waals surface area contributed by atoms with E-state index >= 15 is 0 Å². The molecule has 1 aliphatic rings. The Kier molecular flexibility index (Phi) is 1.88. The minimum absolute atomic E-state index is 0.0298. The number of amides is 1. The molecule has 68 valence electrons. The molecule has 1 aliphatic heterocycles. The van der Waals surface area contributed by atoms with Gasteiger partial charge in [-0.1, -0.05) is 11.6 Å². The molecule has 0 saturated carbocycles. The summed E-state index contributed by atoms with van der Waals surface area (Å²) in [7, 11) is 0. The summed E-state index contributed by atoms with van der Waals surface area (Å²) in [4.78, 5) is 11.1. The molecule has 0 radical (unpaired) electrons. The number of fused-ring (bicyclic) bond motifs is 1. The number of halogens is 1. The zero-order chi connectivity index (χ0) is 9.42. The number of anilines is 2. The Hall–Kier alpha value is -1.22. The molecule has 3 nitrogen and oxygen atoms in total. The van der Waals surface area contributed by atoms with Gasteiger partial charge in [0.15, 0.2) is 0 Å². The van der Waals surface area contributed by atoms with E-state index in [0.29, 0.717) is 11.6 Å². The van der Waals surface area contributed by atoms with Gasteiger partial charge in [-0.05, 0) is 24.6 Å². The lowest BCUT2D eigenvalue weighted by Gasteiger charge is -2.20. The Morgan fingerprint density at radius 2 is 2.23 bits per heavy atom. The summed E-state index contributed by atoms with van der Waals surface area (Å²) >= 11 is 5.91. The van der Waals surface area contributed by atoms with Crippen molar-refractivity contribution in [2.24, 2.45) is 0 Å². The van der Waals surface area contributed by atoms with E-state index in [9.17, 15) is 4.79 Å². The minimum Gasteiger partial charge on any atom is -0.374 e. The van der Waals surface area contributed by atoms with Gasteiger partial charge in [0.25, 0.3) is 0 Å². The van der Waals surface area contributed by atoms with Crippen LogP contribution in [0.2, 0.25) is 5.02 Å². The maximum absolute atomic E-state index is 11.1. The van der Waals surface area contributed by atoms with Crippen LogP contribution in [-0.4, -0.2) is 12.5 Å². The van der Waals surface area contributed by atoms with Gasteiger partial charge in [-0.2, -0.15) is 0 Å². The van der Waals surface area contributed by atoms with Crippen LogP contribution in [0.5, 0.6) is 0 Å². The quantitative estimate of drug-likeness (QED) is 0.667.